The average molecular weight is 383 g/mol. The highest BCUT2D eigenvalue weighted by molar-refractivity contribution is 5.82. The maximum absolute atomic E-state index is 14.4. The first-order valence-electron chi connectivity index (χ1n) is 8.71. The topological polar surface area (TPSA) is 163 Å². The minimum Gasteiger partial charge on any atom is -0.394 e. The second-order valence-corrected chi connectivity index (χ2v) is 6.56. The fourth-order valence-electron chi connectivity index (χ4n) is 3.29. The van der Waals surface area contributed by atoms with Gasteiger partial charge in [0.15, 0.2) is 11.6 Å². The first-order valence-corrected chi connectivity index (χ1v) is 8.71. The summed E-state index contributed by atoms with van der Waals surface area (Å²) in [6.45, 7) is 1.43. The zero-order valence-electron chi connectivity index (χ0n) is 14.8. The SMILES string of the molecule is CCCC(N)C(=O)NC1C(O)[C@@H](CO)O[C@H]1[n+]1c[nH]c2c(N)ncc(F)c21. The predicted molar refractivity (Wildman–Crippen MR) is 92.5 cm³/mol. The number of aliphatic hydroxyl groups excluding tert-OH is 2. The van der Waals surface area contributed by atoms with Crippen molar-refractivity contribution in [2.24, 2.45) is 5.73 Å². The molecule has 1 aliphatic rings. The van der Waals surface area contributed by atoms with Gasteiger partial charge in [-0.2, -0.15) is 4.57 Å². The van der Waals surface area contributed by atoms with Gasteiger partial charge in [0.2, 0.25) is 29.5 Å². The first-order chi connectivity index (χ1) is 12.9. The first kappa shape index (κ1) is 19.4. The number of nitrogens with one attached hydrogen (secondary N) is 2. The van der Waals surface area contributed by atoms with E-state index in [0.717, 1.165) is 12.6 Å². The zero-order chi connectivity index (χ0) is 19.7. The number of nitrogens with two attached hydrogens (primary N) is 2. The number of aliphatic hydroxyl groups is 2. The Morgan fingerprint density at radius 2 is 2.33 bits per heavy atom. The largest absolute Gasteiger partial charge is 0.394 e. The molecule has 0 radical (unpaired) electrons. The highest BCUT2D eigenvalue weighted by Gasteiger charge is 2.49. The number of carbonyl (C=O) groups is 1. The fourth-order valence-corrected chi connectivity index (χ4v) is 3.29. The van der Waals surface area contributed by atoms with E-state index in [4.69, 9.17) is 16.2 Å². The molecule has 0 saturated carbocycles. The number of fused-ring (bicyclic) bond motifs is 1. The number of amides is 1. The van der Waals surface area contributed by atoms with Crippen LogP contribution in [-0.4, -0.2) is 57.0 Å². The molecule has 1 amide bonds. The molecular weight excluding hydrogens is 359 g/mol. The van der Waals surface area contributed by atoms with Gasteiger partial charge in [0.05, 0.1) is 18.8 Å². The summed E-state index contributed by atoms with van der Waals surface area (Å²) in [6, 6.07) is -1.70. The number of anilines is 1. The number of halogens is 1. The molecule has 2 aromatic heterocycles. The van der Waals surface area contributed by atoms with Crippen LogP contribution in [0, 0.1) is 5.82 Å². The fraction of sp³-hybridized carbons (Fsp3) is 0.562. The average Bonchev–Trinajstić information content (AvgIpc) is 3.21. The Hall–Kier alpha value is -2.34. The van der Waals surface area contributed by atoms with E-state index in [-0.39, 0.29) is 16.9 Å². The van der Waals surface area contributed by atoms with Gasteiger partial charge in [-0.15, -0.1) is 0 Å². The number of hydrogen-bond acceptors (Lipinski definition) is 7. The summed E-state index contributed by atoms with van der Waals surface area (Å²) >= 11 is 0. The molecule has 2 aromatic rings. The van der Waals surface area contributed by atoms with Crippen molar-refractivity contribution in [3.8, 4) is 0 Å². The molecule has 0 aliphatic carbocycles. The molecule has 0 spiro atoms. The van der Waals surface area contributed by atoms with Gasteiger partial charge in [0.25, 0.3) is 0 Å². The number of nitrogens with zero attached hydrogens (tertiary/aromatic N) is 2. The summed E-state index contributed by atoms with van der Waals surface area (Å²) in [6.07, 6.45) is 0.423. The Bertz CT molecular complexity index is 831. The van der Waals surface area contributed by atoms with Crippen molar-refractivity contribution in [3.05, 3.63) is 18.3 Å². The number of hydrogen-bond donors (Lipinski definition) is 6. The zero-order valence-corrected chi connectivity index (χ0v) is 14.8. The summed E-state index contributed by atoms with van der Waals surface area (Å²) in [5.41, 5.74) is 11.9. The Morgan fingerprint density at radius 3 is 3.00 bits per heavy atom. The van der Waals surface area contributed by atoms with E-state index in [9.17, 15) is 19.4 Å². The molecule has 27 heavy (non-hydrogen) atoms. The van der Waals surface area contributed by atoms with Crippen LogP contribution in [0.5, 0.6) is 0 Å². The van der Waals surface area contributed by atoms with E-state index in [2.05, 4.69) is 15.3 Å². The van der Waals surface area contributed by atoms with Gasteiger partial charge in [0.1, 0.15) is 18.2 Å². The Morgan fingerprint density at radius 1 is 1.59 bits per heavy atom. The maximum Gasteiger partial charge on any atom is 0.244 e. The molecule has 3 unspecified atom stereocenters. The second kappa shape index (κ2) is 7.72. The maximum atomic E-state index is 14.4. The van der Waals surface area contributed by atoms with E-state index >= 15 is 0 Å². The summed E-state index contributed by atoms with van der Waals surface area (Å²) in [7, 11) is 0. The molecule has 1 fully saturated rings. The van der Waals surface area contributed by atoms with Crippen LogP contribution in [0.4, 0.5) is 10.2 Å². The van der Waals surface area contributed by atoms with Crippen molar-refractivity contribution >= 4 is 22.8 Å². The Kier molecular flexibility index (Phi) is 5.56. The number of aromatic amines is 1. The van der Waals surface area contributed by atoms with Crippen LogP contribution >= 0.6 is 0 Å². The summed E-state index contributed by atoms with van der Waals surface area (Å²) in [5.74, 6) is -1.03. The smallest absolute Gasteiger partial charge is 0.244 e. The molecule has 0 aromatic carbocycles. The van der Waals surface area contributed by atoms with Crippen molar-refractivity contribution in [3.63, 3.8) is 0 Å². The van der Waals surface area contributed by atoms with Crippen molar-refractivity contribution < 1.29 is 28.7 Å². The Balaban J connectivity index is 1.97. The van der Waals surface area contributed by atoms with Gasteiger partial charge < -0.3 is 31.7 Å². The Labute approximate surface area is 154 Å². The highest BCUT2D eigenvalue weighted by Crippen LogP contribution is 2.28. The third-order valence-electron chi connectivity index (χ3n) is 4.71. The molecule has 3 rings (SSSR count). The van der Waals surface area contributed by atoms with Crippen LogP contribution in [0.15, 0.2) is 12.5 Å². The molecule has 11 heteroatoms. The number of nitrogen functional groups attached to an aromatic ring is 1. The van der Waals surface area contributed by atoms with Crippen LogP contribution in [0.25, 0.3) is 11.0 Å². The molecule has 5 atom stereocenters. The highest BCUT2D eigenvalue weighted by atomic mass is 19.1. The lowest BCUT2D eigenvalue weighted by Gasteiger charge is -2.22. The number of ether oxygens (including phenoxy) is 1. The van der Waals surface area contributed by atoms with Crippen molar-refractivity contribution in [1.82, 2.24) is 15.3 Å². The number of imidazole rings is 1. The quantitative estimate of drug-likeness (QED) is 0.328. The lowest BCUT2D eigenvalue weighted by molar-refractivity contribution is -0.739. The summed E-state index contributed by atoms with van der Waals surface area (Å²) in [4.78, 5) is 18.9. The molecule has 1 aliphatic heterocycles. The normalized spacial score (nSPS) is 26.4. The minimum atomic E-state index is -1.21. The van der Waals surface area contributed by atoms with Crippen LogP contribution in [-0.2, 0) is 9.53 Å². The van der Waals surface area contributed by atoms with Crippen molar-refractivity contribution in [1.29, 1.82) is 0 Å². The monoisotopic (exact) mass is 383 g/mol. The second-order valence-electron chi connectivity index (χ2n) is 6.56. The van der Waals surface area contributed by atoms with Crippen molar-refractivity contribution in [2.45, 2.75) is 50.3 Å². The van der Waals surface area contributed by atoms with Gasteiger partial charge in [-0.05, 0) is 6.42 Å². The molecular formula is C16H24FN6O4+. The number of H-pyrrole nitrogens is 1. The van der Waals surface area contributed by atoms with Gasteiger partial charge in [0, 0.05) is 0 Å². The van der Waals surface area contributed by atoms with Gasteiger partial charge in [-0.25, -0.2) is 14.4 Å². The minimum absolute atomic E-state index is 0.0791. The number of rotatable bonds is 6. The molecule has 0 bridgehead atoms. The van der Waals surface area contributed by atoms with Crippen LogP contribution in [0.1, 0.15) is 26.0 Å². The number of carbonyl (C=O) groups excluding carboxylic acids is 1. The van der Waals surface area contributed by atoms with E-state index < -0.39 is 48.9 Å². The summed E-state index contributed by atoms with van der Waals surface area (Å²) < 4.78 is 21.4. The van der Waals surface area contributed by atoms with E-state index in [0.29, 0.717) is 6.42 Å². The lowest BCUT2D eigenvalue weighted by Crippen LogP contribution is -2.56. The van der Waals surface area contributed by atoms with Gasteiger partial charge in [-0.1, -0.05) is 13.3 Å². The standard InChI is InChI=1S/C16H23FN6O4/c1-2-3-8(18)15(26)22-11-13(25)9(5-24)27-16(11)23-6-21-10-12(23)7(17)4-20-14(10)19/h4,6,8-9,11,13,16,24-25H,2-3,5,18H2,1H3,(H3,19,20,22,26)/p+1/t8?,9-,11?,13?,16-/m1/s1. The van der Waals surface area contributed by atoms with Gasteiger partial charge in [-0.3, -0.25) is 4.79 Å². The van der Waals surface area contributed by atoms with Gasteiger partial charge >= 0.3 is 0 Å². The van der Waals surface area contributed by atoms with E-state index in [1.165, 1.54) is 10.9 Å². The van der Waals surface area contributed by atoms with Crippen molar-refractivity contribution in [2.75, 3.05) is 12.3 Å². The van der Waals surface area contributed by atoms with Crippen LogP contribution < -0.4 is 21.4 Å². The van der Waals surface area contributed by atoms with Crippen LogP contribution in [0.3, 0.4) is 0 Å². The number of pyridine rings is 1. The van der Waals surface area contributed by atoms with E-state index in [1.54, 1.807) is 0 Å². The molecule has 10 nitrogen and oxygen atoms in total. The van der Waals surface area contributed by atoms with E-state index in [1.807, 2.05) is 6.92 Å². The molecule has 8 N–H and O–H groups in total. The molecule has 148 valence electrons. The third kappa shape index (κ3) is 3.46. The van der Waals surface area contributed by atoms with Crippen LogP contribution in [0.2, 0.25) is 0 Å². The lowest BCUT2D eigenvalue weighted by atomic mass is 10.1. The summed E-state index contributed by atoms with van der Waals surface area (Å²) in [5, 5.41) is 22.6. The molecule has 1 saturated heterocycles. The third-order valence-corrected chi connectivity index (χ3v) is 4.71. The predicted octanol–water partition coefficient (Wildman–Crippen LogP) is -1.57. The number of aromatic nitrogens is 3. The molecule has 3 heterocycles.